The second kappa shape index (κ2) is 6.23. The molecule has 0 saturated heterocycles. The minimum Gasteiger partial charge on any atom is -0.385 e. The van der Waals surface area contributed by atoms with Crippen molar-refractivity contribution in [2.75, 3.05) is 20.3 Å². The Labute approximate surface area is 121 Å². The molecule has 8 heteroatoms. The van der Waals surface area contributed by atoms with E-state index in [1.54, 1.807) is 25.6 Å². The molecule has 0 saturated carbocycles. The summed E-state index contributed by atoms with van der Waals surface area (Å²) < 4.78 is 9.42. The molecule has 2 rings (SSSR count). The average Bonchev–Trinajstić information content (AvgIpc) is 2.75. The van der Waals surface area contributed by atoms with Gasteiger partial charge >= 0.3 is 5.69 Å². The molecule has 0 aliphatic carbocycles. The van der Waals surface area contributed by atoms with Crippen molar-refractivity contribution in [3.8, 4) is 0 Å². The van der Waals surface area contributed by atoms with Gasteiger partial charge in [-0.05, 0) is 13.3 Å². The molecule has 0 aromatic carbocycles. The smallest absolute Gasteiger partial charge is 0.332 e. The van der Waals surface area contributed by atoms with Gasteiger partial charge < -0.3 is 15.0 Å². The van der Waals surface area contributed by atoms with Crippen molar-refractivity contribution in [3.63, 3.8) is 0 Å². The van der Waals surface area contributed by atoms with E-state index >= 15 is 0 Å². The van der Waals surface area contributed by atoms with Gasteiger partial charge in [0.25, 0.3) is 5.56 Å². The second-order valence-electron chi connectivity index (χ2n) is 4.92. The molecule has 8 nitrogen and oxygen atoms in total. The second-order valence-corrected chi connectivity index (χ2v) is 4.92. The molecule has 2 aromatic heterocycles. The Morgan fingerprint density at radius 1 is 1.24 bits per heavy atom. The lowest BCUT2D eigenvalue weighted by atomic mass is 10.4. The third-order valence-electron chi connectivity index (χ3n) is 3.55. The third kappa shape index (κ3) is 2.64. The number of hydrogen-bond acceptors (Lipinski definition) is 5. The number of aromatic nitrogens is 4. The predicted octanol–water partition coefficient (Wildman–Crippen LogP) is -0.800. The summed E-state index contributed by atoms with van der Waals surface area (Å²) >= 11 is 0. The highest BCUT2D eigenvalue weighted by Crippen LogP contribution is 2.09. The molecule has 116 valence electrons. The number of nitrogens with two attached hydrogens (primary N) is 1. The van der Waals surface area contributed by atoms with Crippen LogP contribution in [0.3, 0.4) is 0 Å². The lowest BCUT2D eigenvalue weighted by Crippen LogP contribution is -2.42. The SMILES string of the molecule is COCCCn1c(=O)n(CCN)c(=O)c2c1nc(C)n2C. The quantitative estimate of drug-likeness (QED) is 0.704. The molecule has 0 radical (unpaired) electrons. The van der Waals surface area contributed by atoms with Crippen LogP contribution in [0, 0.1) is 6.92 Å². The van der Waals surface area contributed by atoms with E-state index in [9.17, 15) is 9.59 Å². The van der Waals surface area contributed by atoms with Crippen LogP contribution < -0.4 is 17.0 Å². The summed E-state index contributed by atoms with van der Waals surface area (Å²) in [6.07, 6.45) is 0.669. The Morgan fingerprint density at radius 2 is 1.95 bits per heavy atom. The van der Waals surface area contributed by atoms with E-state index in [1.165, 1.54) is 9.13 Å². The molecule has 0 aliphatic rings. The number of hydrogen-bond donors (Lipinski definition) is 1. The average molecular weight is 295 g/mol. The van der Waals surface area contributed by atoms with E-state index in [4.69, 9.17) is 10.5 Å². The van der Waals surface area contributed by atoms with Crippen molar-refractivity contribution in [1.82, 2.24) is 18.7 Å². The van der Waals surface area contributed by atoms with E-state index in [1.807, 2.05) is 0 Å². The Hall–Kier alpha value is -1.93. The van der Waals surface area contributed by atoms with Crippen LogP contribution in [-0.2, 0) is 24.9 Å². The molecule has 2 aromatic rings. The van der Waals surface area contributed by atoms with E-state index in [0.29, 0.717) is 36.6 Å². The number of nitrogens with zero attached hydrogens (tertiary/aromatic N) is 4. The van der Waals surface area contributed by atoms with Crippen LogP contribution in [0.2, 0.25) is 0 Å². The van der Waals surface area contributed by atoms with Gasteiger partial charge in [-0.15, -0.1) is 0 Å². The van der Waals surface area contributed by atoms with Gasteiger partial charge in [-0.1, -0.05) is 0 Å². The molecule has 0 aliphatic heterocycles. The largest absolute Gasteiger partial charge is 0.385 e. The standard InChI is InChI=1S/C13H21N5O3/c1-9-15-11-10(16(9)2)12(19)18(7-5-14)13(20)17(11)6-4-8-21-3/h4-8,14H2,1-3H3. The molecular formula is C13H21N5O3. The summed E-state index contributed by atoms with van der Waals surface area (Å²) in [6, 6.07) is 0. The van der Waals surface area contributed by atoms with Crippen molar-refractivity contribution >= 4 is 11.2 Å². The van der Waals surface area contributed by atoms with Gasteiger partial charge in [0.15, 0.2) is 11.2 Å². The van der Waals surface area contributed by atoms with Crippen LogP contribution in [0.15, 0.2) is 9.59 Å². The van der Waals surface area contributed by atoms with Crippen LogP contribution in [0.4, 0.5) is 0 Å². The van der Waals surface area contributed by atoms with Crippen LogP contribution in [-0.4, -0.2) is 38.9 Å². The number of fused-ring (bicyclic) bond motifs is 1. The zero-order valence-electron chi connectivity index (χ0n) is 12.6. The van der Waals surface area contributed by atoms with Crippen molar-refractivity contribution < 1.29 is 4.74 Å². The molecule has 0 atom stereocenters. The maximum absolute atomic E-state index is 12.5. The Kier molecular flexibility index (Phi) is 4.59. The fourth-order valence-corrected chi connectivity index (χ4v) is 2.37. The number of ether oxygens (including phenoxy) is 1. The van der Waals surface area contributed by atoms with Gasteiger partial charge in [0.1, 0.15) is 5.82 Å². The van der Waals surface area contributed by atoms with Crippen LogP contribution in [0.1, 0.15) is 12.2 Å². The Balaban J connectivity index is 2.72. The lowest BCUT2D eigenvalue weighted by molar-refractivity contribution is 0.190. The molecule has 21 heavy (non-hydrogen) atoms. The van der Waals surface area contributed by atoms with Gasteiger partial charge in [0.05, 0.1) is 0 Å². The fourth-order valence-electron chi connectivity index (χ4n) is 2.37. The van der Waals surface area contributed by atoms with Gasteiger partial charge in [-0.25, -0.2) is 9.78 Å². The Morgan fingerprint density at radius 3 is 2.57 bits per heavy atom. The molecule has 0 fully saturated rings. The normalized spacial score (nSPS) is 11.4. The summed E-state index contributed by atoms with van der Waals surface area (Å²) in [5.74, 6) is 0.687. The minimum atomic E-state index is -0.368. The van der Waals surface area contributed by atoms with Gasteiger partial charge in [0.2, 0.25) is 0 Å². The minimum absolute atomic E-state index is 0.197. The topological polar surface area (TPSA) is 97.1 Å². The fraction of sp³-hybridized carbons (Fsp3) is 0.615. The van der Waals surface area contributed by atoms with Crippen LogP contribution >= 0.6 is 0 Å². The van der Waals surface area contributed by atoms with Crippen molar-refractivity contribution in [3.05, 3.63) is 26.7 Å². The zero-order chi connectivity index (χ0) is 15.6. The van der Waals surface area contributed by atoms with E-state index in [0.717, 1.165) is 0 Å². The zero-order valence-corrected chi connectivity index (χ0v) is 12.6. The molecular weight excluding hydrogens is 274 g/mol. The number of aryl methyl sites for hydroxylation is 3. The molecule has 0 spiro atoms. The monoisotopic (exact) mass is 295 g/mol. The van der Waals surface area contributed by atoms with Gasteiger partial charge in [-0.2, -0.15) is 0 Å². The van der Waals surface area contributed by atoms with Crippen LogP contribution in [0.25, 0.3) is 11.2 Å². The summed E-state index contributed by atoms with van der Waals surface area (Å²) in [7, 11) is 3.38. The first-order valence-electron chi connectivity index (χ1n) is 6.88. The highest BCUT2D eigenvalue weighted by atomic mass is 16.5. The highest BCUT2D eigenvalue weighted by molar-refractivity contribution is 5.70. The Bertz CT molecular complexity index is 756. The predicted molar refractivity (Wildman–Crippen MR) is 79.5 cm³/mol. The summed E-state index contributed by atoms with van der Waals surface area (Å²) in [4.78, 5) is 29.3. The van der Waals surface area contributed by atoms with E-state index in [2.05, 4.69) is 4.98 Å². The molecule has 0 unspecified atom stereocenters. The summed E-state index contributed by atoms with van der Waals surface area (Å²) in [5.41, 5.74) is 5.65. The maximum Gasteiger partial charge on any atom is 0.332 e. The maximum atomic E-state index is 12.5. The molecule has 2 N–H and O–H groups in total. The first-order chi connectivity index (χ1) is 10.0. The third-order valence-corrected chi connectivity index (χ3v) is 3.55. The van der Waals surface area contributed by atoms with Crippen molar-refractivity contribution in [1.29, 1.82) is 0 Å². The molecule has 2 heterocycles. The number of methoxy groups -OCH3 is 1. The van der Waals surface area contributed by atoms with E-state index in [-0.39, 0.29) is 24.3 Å². The molecule has 0 bridgehead atoms. The summed E-state index contributed by atoms with van der Waals surface area (Å²) in [5, 5.41) is 0. The van der Waals surface area contributed by atoms with Crippen LogP contribution in [0.5, 0.6) is 0 Å². The first kappa shape index (κ1) is 15.5. The van der Waals surface area contributed by atoms with Gasteiger partial charge in [-0.3, -0.25) is 13.9 Å². The highest BCUT2D eigenvalue weighted by Gasteiger charge is 2.18. The van der Waals surface area contributed by atoms with Gasteiger partial charge in [0, 0.05) is 40.4 Å². The molecule has 0 amide bonds. The number of rotatable bonds is 6. The van der Waals surface area contributed by atoms with Crippen molar-refractivity contribution in [2.45, 2.75) is 26.4 Å². The van der Waals surface area contributed by atoms with Crippen molar-refractivity contribution in [2.24, 2.45) is 12.8 Å². The lowest BCUT2D eigenvalue weighted by Gasteiger charge is -2.11. The van der Waals surface area contributed by atoms with E-state index < -0.39 is 0 Å². The summed E-state index contributed by atoms with van der Waals surface area (Å²) in [6.45, 7) is 3.22. The number of imidazole rings is 1. The first-order valence-corrected chi connectivity index (χ1v) is 6.88.